The van der Waals surface area contributed by atoms with Crippen LogP contribution in [-0.2, 0) is 10.0 Å². The summed E-state index contributed by atoms with van der Waals surface area (Å²) in [4.78, 5) is 12.5. The van der Waals surface area contributed by atoms with Gasteiger partial charge in [0.15, 0.2) is 5.11 Å². The minimum Gasteiger partial charge on any atom is -0.496 e. The molecular formula is C23H22BrN3O4S2. The zero-order valence-corrected chi connectivity index (χ0v) is 21.3. The summed E-state index contributed by atoms with van der Waals surface area (Å²) >= 11 is 8.54. The number of rotatable bonds is 6. The van der Waals surface area contributed by atoms with Crippen molar-refractivity contribution in [3.8, 4) is 5.75 Å². The molecule has 0 atom stereocenters. The van der Waals surface area contributed by atoms with E-state index in [1.54, 1.807) is 42.5 Å². The molecule has 0 radical (unpaired) electrons. The Balaban J connectivity index is 1.63. The Labute approximate surface area is 206 Å². The summed E-state index contributed by atoms with van der Waals surface area (Å²) < 4.78 is 33.7. The molecule has 0 aliphatic carbocycles. The van der Waals surface area contributed by atoms with Gasteiger partial charge in [0.25, 0.3) is 15.9 Å². The number of anilines is 2. The van der Waals surface area contributed by atoms with E-state index in [-0.39, 0.29) is 10.0 Å². The number of nitrogens with one attached hydrogen (secondary N) is 3. The molecule has 3 aromatic carbocycles. The van der Waals surface area contributed by atoms with Gasteiger partial charge in [0.1, 0.15) is 5.75 Å². The fourth-order valence-electron chi connectivity index (χ4n) is 2.88. The van der Waals surface area contributed by atoms with Gasteiger partial charge in [-0.3, -0.25) is 14.8 Å². The lowest BCUT2D eigenvalue weighted by molar-refractivity contribution is 0.0977. The number of aryl methyl sites for hydroxylation is 2. The third-order valence-electron chi connectivity index (χ3n) is 4.82. The minimum atomic E-state index is -3.75. The number of thiocarbonyl (C=S) groups is 1. The van der Waals surface area contributed by atoms with Crippen LogP contribution in [0.3, 0.4) is 0 Å². The molecule has 0 aromatic heterocycles. The van der Waals surface area contributed by atoms with Crippen LogP contribution in [-0.4, -0.2) is 26.5 Å². The van der Waals surface area contributed by atoms with Crippen LogP contribution in [0.2, 0.25) is 0 Å². The third-order valence-corrected chi connectivity index (χ3v) is 7.04. The molecule has 3 rings (SSSR count). The predicted octanol–water partition coefficient (Wildman–Crippen LogP) is 5.00. The molecule has 0 saturated carbocycles. The van der Waals surface area contributed by atoms with E-state index in [9.17, 15) is 13.2 Å². The maximum absolute atomic E-state index is 12.7. The third kappa shape index (κ3) is 6.31. The Hall–Kier alpha value is -2.95. The van der Waals surface area contributed by atoms with E-state index in [1.807, 2.05) is 19.9 Å². The highest BCUT2D eigenvalue weighted by Crippen LogP contribution is 2.25. The smallest absolute Gasteiger partial charge is 0.261 e. The number of hydrogen-bond acceptors (Lipinski definition) is 5. The highest BCUT2D eigenvalue weighted by Gasteiger charge is 2.15. The van der Waals surface area contributed by atoms with Crippen molar-refractivity contribution in [1.82, 2.24) is 5.32 Å². The quantitative estimate of drug-likeness (QED) is 0.375. The second-order valence-corrected chi connectivity index (χ2v) is 10.1. The first-order chi connectivity index (χ1) is 15.6. The highest BCUT2D eigenvalue weighted by molar-refractivity contribution is 9.10. The number of methoxy groups -OCH3 is 1. The van der Waals surface area contributed by atoms with Gasteiger partial charge in [-0.25, -0.2) is 8.42 Å². The van der Waals surface area contributed by atoms with Crippen LogP contribution in [0.1, 0.15) is 21.5 Å². The molecule has 0 spiro atoms. The molecule has 3 aromatic rings. The number of sulfonamides is 1. The Kier molecular flexibility index (Phi) is 7.72. The second-order valence-electron chi connectivity index (χ2n) is 7.19. The lowest BCUT2D eigenvalue weighted by Crippen LogP contribution is -2.34. The predicted molar refractivity (Wildman–Crippen MR) is 138 cm³/mol. The maximum atomic E-state index is 12.7. The monoisotopic (exact) mass is 547 g/mol. The van der Waals surface area contributed by atoms with Crippen LogP contribution >= 0.6 is 28.1 Å². The first-order valence-electron chi connectivity index (χ1n) is 9.75. The zero-order valence-electron chi connectivity index (χ0n) is 18.1. The van der Waals surface area contributed by atoms with Crippen molar-refractivity contribution in [2.45, 2.75) is 18.7 Å². The SMILES string of the molecule is COc1ccc(C(=O)NC(=S)Nc2ccc(S(=O)(=O)Nc3ccc(C)c(C)c3)cc2)cc1Br. The highest BCUT2D eigenvalue weighted by atomic mass is 79.9. The van der Waals surface area contributed by atoms with E-state index in [1.165, 1.54) is 19.2 Å². The van der Waals surface area contributed by atoms with Crippen molar-refractivity contribution in [2.24, 2.45) is 0 Å². The second kappa shape index (κ2) is 10.3. The van der Waals surface area contributed by atoms with Crippen molar-refractivity contribution < 1.29 is 17.9 Å². The Morgan fingerprint density at radius 3 is 2.21 bits per heavy atom. The molecule has 1 amide bonds. The number of benzene rings is 3. The molecule has 0 heterocycles. The lowest BCUT2D eigenvalue weighted by atomic mass is 10.1. The van der Waals surface area contributed by atoms with E-state index in [2.05, 4.69) is 31.3 Å². The molecule has 7 nitrogen and oxygen atoms in total. The van der Waals surface area contributed by atoms with Gasteiger partial charge >= 0.3 is 0 Å². The van der Waals surface area contributed by atoms with Gasteiger partial charge in [0, 0.05) is 16.9 Å². The van der Waals surface area contributed by atoms with Crippen molar-refractivity contribution in [1.29, 1.82) is 0 Å². The number of carbonyl (C=O) groups excluding carboxylic acids is 1. The van der Waals surface area contributed by atoms with E-state index in [0.29, 0.717) is 27.2 Å². The van der Waals surface area contributed by atoms with Crippen molar-refractivity contribution in [2.75, 3.05) is 17.1 Å². The minimum absolute atomic E-state index is 0.0794. The summed E-state index contributed by atoms with van der Waals surface area (Å²) in [6.07, 6.45) is 0. The number of hydrogen-bond donors (Lipinski definition) is 3. The summed E-state index contributed by atoms with van der Waals surface area (Å²) in [6, 6.07) is 16.3. The molecule has 3 N–H and O–H groups in total. The van der Waals surface area contributed by atoms with Gasteiger partial charge < -0.3 is 10.1 Å². The summed E-state index contributed by atoms with van der Waals surface area (Å²) in [7, 11) is -2.21. The molecular weight excluding hydrogens is 526 g/mol. The molecule has 0 fully saturated rings. The number of amides is 1. The average Bonchev–Trinajstić information content (AvgIpc) is 2.76. The van der Waals surface area contributed by atoms with Gasteiger partial charge in [0.2, 0.25) is 0 Å². The molecule has 10 heteroatoms. The molecule has 33 heavy (non-hydrogen) atoms. The summed E-state index contributed by atoms with van der Waals surface area (Å²) in [6.45, 7) is 3.88. The number of carbonyl (C=O) groups is 1. The van der Waals surface area contributed by atoms with E-state index in [4.69, 9.17) is 17.0 Å². The van der Waals surface area contributed by atoms with Gasteiger partial charge in [0.05, 0.1) is 16.5 Å². The normalized spacial score (nSPS) is 10.9. The fourth-order valence-corrected chi connectivity index (χ4v) is 4.68. The first-order valence-corrected chi connectivity index (χ1v) is 12.4. The Morgan fingerprint density at radius 2 is 1.61 bits per heavy atom. The standard InChI is InChI=1S/C23H22BrN3O4S2/c1-14-4-6-18(12-15(14)2)27-33(29,30)19-9-7-17(8-10-19)25-23(32)26-22(28)16-5-11-21(31-3)20(24)13-16/h4-13,27H,1-3H3,(H2,25,26,28,32). The Morgan fingerprint density at radius 1 is 0.939 bits per heavy atom. The lowest BCUT2D eigenvalue weighted by Gasteiger charge is -2.12. The topological polar surface area (TPSA) is 96.5 Å². The van der Waals surface area contributed by atoms with Crippen LogP contribution in [0.5, 0.6) is 5.75 Å². The summed E-state index contributed by atoms with van der Waals surface area (Å²) in [5, 5.41) is 5.53. The fraction of sp³-hybridized carbons (Fsp3) is 0.130. The summed E-state index contributed by atoms with van der Waals surface area (Å²) in [5.41, 5.74) is 3.49. The van der Waals surface area contributed by atoms with Crippen molar-refractivity contribution in [3.05, 3.63) is 81.8 Å². The van der Waals surface area contributed by atoms with Crippen LogP contribution < -0.4 is 20.1 Å². The number of halogens is 1. The molecule has 0 aliphatic rings. The van der Waals surface area contributed by atoms with E-state index in [0.717, 1.165) is 11.1 Å². The van der Waals surface area contributed by atoms with Crippen LogP contribution in [0.25, 0.3) is 0 Å². The van der Waals surface area contributed by atoms with Gasteiger partial charge in [-0.2, -0.15) is 0 Å². The van der Waals surface area contributed by atoms with Crippen LogP contribution in [0.4, 0.5) is 11.4 Å². The van der Waals surface area contributed by atoms with E-state index < -0.39 is 15.9 Å². The molecule has 172 valence electrons. The Bertz CT molecular complexity index is 1310. The van der Waals surface area contributed by atoms with E-state index >= 15 is 0 Å². The van der Waals surface area contributed by atoms with Crippen molar-refractivity contribution >= 4 is 60.6 Å². The molecule has 0 bridgehead atoms. The largest absolute Gasteiger partial charge is 0.496 e. The molecule has 0 unspecified atom stereocenters. The summed E-state index contributed by atoms with van der Waals surface area (Å²) in [5.74, 6) is 0.210. The first kappa shape index (κ1) is 24.7. The molecule has 0 saturated heterocycles. The number of ether oxygens (including phenoxy) is 1. The molecule has 0 aliphatic heterocycles. The van der Waals surface area contributed by atoms with Gasteiger partial charge in [-0.05, 0) is 108 Å². The average molecular weight is 548 g/mol. The van der Waals surface area contributed by atoms with Gasteiger partial charge in [-0.15, -0.1) is 0 Å². The van der Waals surface area contributed by atoms with Gasteiger partial charge in [-0.1, -0.05) is 6.07 Å². The van der Waals surface area contributed by atoms with Crippen molar-refractivity contribution in [3.63, 3.8) is 0 Å². The zero-order chi connectivity index (χ0) is 24.2. The maximum Gasteiger partial charge on any atom is 0.261 e. The van der Waals surface area contributed by atoms with Crippen LogP contribution in [0, 0.1) is 13.8 Å². The van der Waals surface area contributed by atoms with Crippen LogP contribution in [0.15, 0.2) is 70.0 Å².